The highest BCUT2D eigenvalue weighted by atomic mass is 16.3. The second-order valence-corrected chi connectivity index (χ2v) is 17.8. The molecule has 2 aromatic heterocycles. The Labute approximate surface area is 321 Å². The lowest BCUT2D eigenvalue weighted by Crippen LogP contribution is -2.17. The van der Waals surface area contributed by atoms with E-state index in [-0.39, 0.29) is 16.2 Å². The maximum absolute atomic E-state index is 6.77. The molecule has 0 N–H and O–H groups in total. The first kappa shape index (κ1) is 32.4. The molecule has 3 nitrogen and oxygen atoms in total. The third-order valence-corrected chi connectivity index (χ3v) is 12.8. The summed E-state index contributed by atoms with van der Waals surface area (Å²) in [4.78, 5) is 2.41. The van der Waals surface area contributed by atoms with Crippen molar-refractivity contribution in [1.82, 2.24) is 0 Å². The van der Waals surface area contributed by atoms with E-state index in [0.29, 0.717) is 0 Å². The second kappa shape index (κ2) is 10.8. The lowest BCUT2D eigenvalue weighted by atomic mass is 9.81. The zero-order valence-corrected chi connectivity index (χ0v) is 32.5. The van der Waals surface area contributed by atoms with Crippen LogP contribution in [0, 0.1) is 0 Å². The molecule has 7 aromatic carbocycles. The molecule has 2 aliphatic rings. The molecule has 3 heteroatoms. The summed E-state index contributed by atoms with van der Waals surface area (Å²) in [5.41, 5.74) is 18.4. The van der Waals surface area contributed by atoms with Gasteiger partial charge in [-0.2, -0.15) is 0 Å². The Morgan fingerprint density at radius 2 is 1.02 bits per heavy atom. The molecule has 0 amide bonds. The third-order valence-electron chi connectivity index (χ3n) is 12.8. The van der Waals surface area contributed by atoms with Crippen LogP contribution in [0.15, 0.2) is 142 Å². The largest absolute Gasteiger partial charge is 0.456 e. The molecule has 0 atom stereocenters. The average Bonchev–Trinajstić information content (AvgIpc) is 3.86. The first-order valence-corrected chi connectivity index (χ1v) is 19.5. The molecule has 9 aromatic rings. The van der Waals surface area contributed by atoms with Gasteiger partial charge in [-0.25, -0.2) is 0 Å². The van der Waals surface area contributed by atoms with Crippen molar-refractivity contribution in [2.75, 3.05) is 4.90 Å². The van der Waals surface area contributed by atoms with E-state index in [4.69, 9.17) is 8.83 Å². The Morgan fingerprint density at radius 3 is 1.85 bits per heavy atom. The first-order valence-electron chi connectivity index (χ1n) is 19.5. The number of benzene rings is 7. The van der Waals surface area contributed by atoms with Crippen molar-refractivity contribution in [2.45, 2.75) is 64.7 Å². The molecule has 55 heavy (non-hydrogen) atoms. The monoisotopic (exact) mass is 713 g/mol. The van der Waals surface area contributed by atoms with Gasteiger partial charge >= 0.3 is 0 Å². The Kier molecular flexibility index (Phi) is 6.35. The van der Waals surface area contributed by atoms with Crippen LogP contribution in [0.25, 0.3) is 66.1 Å². The number of fused-ring (bicyclic) bond motifs is 12. The summed E-state index contributed by atoms with van der Waals surface area (Å²) in [6.07, 6.45) is 0. The molecule has 0 fully saturated rings. The predicted molar refractivity (Wildman–Crippen MR) is 230 cm³/mol. The minimum atomic E-state index is -0.177. The Hall–Kier alpha value is -6.06. The molecule has 0 saturated carbocycles. The fourth-order valence-corrected chi connectivity index (χ4v) is 9.89. The molecule has 11 rings (SSSR count). The smallest absolute Gasteiger partial charge is 0.139 e. The SMILES string of the molecule is CC(C)(C)c1cccc2c1oc1cc3c(cc12)C(C)(C)c1ccc(N(c2ccc4c(c2)C(C)(C)c2ccccc2-4)c2ccc4c(c2)oc2ccccc24)cc1-3. The van der Waals surface area contributed by atoms with Gasteiger partial charge in [0.1, 0.15) is 22.3 Å². The number of hydrogen-bond donors (Lipinski definition) is 0. The molecule has 0 bridgehead atoms. The fraction of sp³-hybridized carbons (Fsp3) is 0.192. The van der Waals surface area contributed by atoms with E-state index in [2.05, 4.69) is 181 Å². The van der Waals surface area contributed by atoms with Gasteiger partial charge in [0.2, 0.25) is 0 Å². The van der Waals surface area contributed by atoms with Crippen LogP contribution in [0.4, 0.5) is 17.1 Å². The third kappa shape index (κ3) is 4.44. The van der Waals surface area contributed by atoms with E-state index < -0.39 is 0 Å². The lowest BCUT2D eigenvalue weighted by Gasteiger charge is -2.29. The van der Waals surface area contributed by atoms with Crippen LogP contribution >= 0.6 is 0 Å². The maximum atomic E-state index is 6.77. The van der Waals surface area contributed by atoms with Gasteiger partial charge in [-0.05, 0) is 105 Å². The van der Waals surface area contributed by atoms with E-state index in [1.165, 1.54) is 60.8 Å². The molecular formula is C52H43NO2. The van der Waals surface area contributed by atoms with Gasteiger partial charge in [-0.1, -0.05) is 121 Å². The van der Waals surface area contributed by atoms with E-state index in [1.54, 1.807) is 0 Å². The Balaban J connectivity index is 1.12. The summed E-state index contributed by atoms with van der Waals surface area (Å²) < 4.78 is 13.2. The number of nitrogens with zero attached hydrogens (tertiary/aromatic N) is 1. The number of anilines is 3. The predicted octanol–water partition coefficient (Wildman–Crippen LogP) is 14.9. The molecule has 0 aliphatic heterocycles. The van der Waals surface area contributed by atoms with Crippen LogP contribution in [0.2, 0.25) is 0 Å². The standard InChI is InChI=1S/C52H43NO2/c1-50(2,3)43-17-12-15-37-40-28-45-39(29-48(40)55-49(37)43)38-25-30(21-24-42(38)52(45,6)7)53(32-20-23-36-35-14-9-11-18-46(35)54-47(36)27-32)31-19-22-34-33-13-8-10-16-41(33)51(4,5)44(34)26-31/h8-29H,1-7H3. The first-order chi connectivity index (χ1) is 26.4. The van der Waals surface area contributed by atoms with Crippen molar-refractivity contribution in [2.24, 2.45) is 0 Å². The molecular weight excluding hydrogens is 671 g/mol. The Bertz CT molecular complexity index is 3090. The quantitative estimate of drug-likeness (QED) is 0.183. The highest BCUT2D eigenvalue weighted by Crippen LogP contribution is 2.54. The Morgan fingerprint density at radius 1 is 0.418 bits per heavy atom. The van der Waals surface area contributed by atoms with E-state index in [0.717, 1.165) is 50.2 Å². The van der Waals surface area contributed by atoms with Crippen molar-refractivity contribution in [3.8, 4) is 22.3 Å². The fourth-order valence-electron chi connectivity index (χ4n) is 9.89. The molecule has 2 aliphatic carbocycles. The number of furan rings is 2. The van der Waals surface area contributed by atoms with Gasteiger partial charge in [0.25, 0.3) is 0 Å². The van der Waals surface area contributed by atoms with Gasteiger partial charge < -0.3 is 13.7 Å². The molecule has 0 unspecified atom stereocenters. The van der Waals surface area contributed by atoms with Crippen LogP contribution in [-0.2, 0) is 16.2 Å². The summed E-state index contributed by atoms with van der Waals surface area (Å²) in [5.74, 6) is 0. The highest BCUT2D eigenvalue weighted by molar-refractivity contribution is 6.09. The van der Waals surface area contributed by atoms with Crippen molar-refractivity contribution in [1.29, 1.82) is 0 Å². The lowest BCUT2D eigenvalue weighted by molar-refractivity contribution is 0.573. The average molecular weight is 714 g/mol. The number of hydrogen-bond acceptors (Lipinski definition) is 3. The van der Waals surface area contributed by atoms with Crippen LogP contribution in [-0.4, -0.2) is 0 Å². The second-order valence-electron chi connectivity index (χ2n) is 17.8. The van der Waals surface area contributed by atoms with Crippen molar-refractivity contribution in [3.05, 3.63) is 161 Å². The highest BCUT2D eigenvalue weighted by Gasteiger charge is 2.38. The van der Waals surface area contributed by atoms with Gasteiger partial charge in [0.05, 0.1) is 0 Å². The zero-order chi connectivity index (χ0) is 37.6. The van der Waals surface area contributed by atoms with E-state index >= 15 is 0 Å². The normalized spacial score (nSPS) is 15.1. The molecule has 0 saturated heterocycles. The van der Waals surface area contributed by atoms with Crippen molar-refractivity contribution in [3.63, 3.8) is 0 Å². The minimum Gasteiger partial charge on any atom is -0.456 e. The number of rotatable bonds is 3. The van der Waals surface area contributed by atoms with Crippen molar-refractivity contribution < 1.29 is 8.83 Å². The topological polar surface area (TPSA) is 29.5 Å². The summed E-state index contributed by atoms with van der Waals surface area (Å²) in [6.45, 7) is 16.2. The summed E-state index contributed by atoms with van der Waals surface area (Å²) in [7, 11) is 0. The summed E-state index contributed by atoms with van der Waals surface area (Å²) in [6, 6.07) is 49.2. The zero-order valence-electron chi connectivity index (χ0n) is 32.5. The van der Waals surface area contributed by atoms with Crippen LogP contribution in [0.5, 0.6) is 0 Å². The maximum Gasteiger partial charge on any atom is 0.139 e. The van der Waals surface area contributed by atoms with Gasteiger partial charge in [-0.3, -0.25) is 0 Å². The van der Waals surface area contributed by atoms with Crippen molar-refractivity contribution >= 4 is 60.9 Å². The van der Waals surface area contributed by atoms with E-state index in [1.807, 2.05) is 6.07 Å². The van der Waals surface area contributed by atoms with Crippen LogP contribution in [0.1, 0.15) is 76.3 Å². The summed E-state index contributed by atoms with van der Waals surface area (Å²) >= 11 is 0. The van der Waals surface area contributed by atoms with Crippen LogP contribution in [0.3, 0.4) is 0 Å². The van der Waals surface area contributed by atoms with Gasteiger partial charge in [0, 0.05) is 61.1 Å². The van der Waals surface area contributed by atoms with Crippen LogP contribution < -0.4 is 4.90 Å². The number of para-hydroxylation sites is 2. The molecule has 0 radical (unpaired) electrons. The molecule has 268 valence electrons. The molecule has 2 heterocycles. The molecule has 0 spiro atoms. The van der Waals surface area contributed by atoms with Gasteiger partial charge in [0.15, 0.2) is 0 Å². The van der Waals surface area contributed by atoms with Gasteiger partial charge in [-0.15, -0.1) is 0 Å². The summed E-state index contributed by atoms with van der Waals surface area (Å²) in [5, 5.41) is 4.63. The minimum absolute atomic E-state index is 0.0265. The van der Waals surface area contributed by atoms with E-state index in [9.17, 15) is 0 Å².